The van der Waals surface area contributed by atoms with E-state index in [0.29, 0.717) is 6.54 Å². The average molecular weight is 363 g/mol. The van der Waals surface area contributed by atoms with Crippen molar-refractivity contribution in [1.82, 2.24) is 10.2 Å². The molecule has 2 aromatic rings. The summed E-state index contributed by atoms with van der Waals surface area (Å²) < 4.78 is 19.2. The van der Waals surface area contributed by atoms with Crippen LogP contribution in [0, 0.1) is 5.82 Å². The molecule has 0 unspecified atom stereocenters. The molecule has 1 aliphatic heterocycles. The van der Waals surface area contributed by atoms with E-state index in [9.17, 15) is 9.18 Å². The smallest absolute Gasteiger partial charge is 0.256 e. The first-order valence-electron chi connectivity index (χ1n) is 8.24. The van der Waals surface area contributed by atoms with Crippen LogP contribution in [0.15, 0.2) is 42.5 Å². The standard InChI is InChI=1S/C19H20ClFN2O2/c20-16-6-3-7-17(21)18(16)19(24)22-12-14-4-1-2-5-15(14)13-23-8-10-25-11-9-23/h1-7H,8-13H2,(H,22,24). The van der Waals surface area contributed by atoms with E-state index in [4.69, 9.17) is 16.3 Å². The summed E-state index contributed by atoms with van der Waals surface area (Å²) in [5, 5.41) is 2.88. The Morgan fingerprint density at radius 2 is 1.84 bits per heavy atom. The molecule has 1 heterocycles. The molecule has 0 aliphatic carbocycles. The lowest BCUT2D eigenvalue weighted by Crippen LogP contribution is -2.36. The molecule has 1 fully saturated rings. The predicted molar refractivity (Wildman–Crippen MR) is 95.1 cm³/mol. The minimum absolute atomic E-state index is 0.110. The molecule has 4 nitrogen and oxygen atoms in total. The number of halogens is 2. The molecule has 0 bridgehead atoms. The second-order valence-electron chi connectivity index (χ2n) is 5.94. The normalized spacial score (nSPS) is 15.1. The molecule has 0 atom stereocenters. The first-order chi connectivity index (χ1) is 12.1. The fraction of sp³-hybridized carbons (Fsp3) is 0.316. The summed E-state index contributed by atoms with van der Waals surface area (Å²) in [4.78, 5) is 14.6. The molecule has 6 heteroatoms. The van der Waals surface area contributed by atoms with Gasteiger partial charge in [-0.15, -0.1) is 0 Å². The Hall–Kier alpha value is -1.95. The zero-order valence-electron chi connectivity index (χ0n) is 13.8. The molecule has 0 spiro atoms. The molecule has 1 saturated heterocycles. The average Bonchev–Trinajstić information content (AvgIpc) is 2.62. The summed E-state index contributed by atoms with van der Waals surface area (Å²) in [6.45, 7) is 4.40. The van der Waals surface area contributed by atoms with Crippen LogP contribution in [0.4, 0.5) is 4.39 Å². The lowest BCUT2D eigenvalue weighted by Gasteiger charge is -2.27. The summed E-state index contributed by atoms with van der Waals surface area (Å²) in [5.41, 5.74) is 2.04. The van der Waals surface area contributed by atoms with E-state index in [1.54, 1.807) is 0 Å². The molecule has 25 heavy (non-hydrogen) atoms. The van der Waals surface area contributed by atoms with Crippen molar-refractivity contribution in [3.05, 3.63) is 70.0 Å². The summed E-state index contributed by atoms with van der Waals surface area (Å²) in [5.74, 6) is -1.13. The second-order valence-corrected chi connectivity index (χ2v) is 6.34. The third kappa shape index (κ3) is 4.57. The quantitative estimate of drug-likeness (QED) is 0.887. The monoisotopic (exact) mass is 362 g/mol. The van der Waals surface area contributed by atoms with Crippen LogP contribution in [0.2, 0.25) is 5.02 Å². The minimum atomic E-state index is -0.619. The molecular formula is C19H20ClFN2O2. The van der Waals surface area contributed by atoms with Crippen molar-refractivity contribution < 1.29 is 13.9 Å². The van der Waals surface area contributed by atoms with Crippen molar-refractivity contribution in [2.45, 2.75) is 13.1 Å². The van der Waals surface area contributed by atoms with Gasteiger partial charge in [-0.1, -0.05) is 41.9 Å². The van der Waals surface area contributed by atoms with Crippen LogP contribution in [0.5, 0.6) is 0 Å². The lowest BCUT2D eigenvalue weighted by atomic mass is 10.1. The number of hydrogen-bond donors (Lipinski definition) is 1. The van der Waals surface area contributed by atoms with Crippen molar-refractivity contribution in [2.24, 2.45) is 0 Å². The number of benzene rings is 2. The Bertz CT molecular complexity index is 728. The maximum Gasteiger partial charge on any atom is 0.256 e. The molecular weight excluding hydrogens is 343 g/mol. The molecule has 132 valence electrons. The highest BCUT2D eigenvalue weighted by Crippen LogP contribution is 2.19. The number of nitrogens with one attached hydrogen (secondary N) is 1. The van der Waals surface area contributed by atoms with Gasteiger partial charge in [0.1, 0.15) is 5.82 Å². The molecule has 3 rings (SSSR count). The van der Waals surface area contributed by atoms with Crippen molar-refractivity contribution >= 4 is 17.5 Å². The topological polar surface area (TPSA) is 41.6 Å². The van der Waals surface area contributed by atoms with Gasteiger partial charge in [0.2, 0.25) is 0 Å². The molecule has 1 amide bonds. The number of carbonyl (C=O) groups is 1. The lowest BCUT2D eigenvalue weighted by molar-refractivity contribution is 0.0340. The first kappa shape index (κ1) is 17.9. The van der Waals surface area contributed by atoms with Gasteiger partial charge in [0.05, 0.1) is 23.8 Å². The minimum Gasteiger partial charge on any atom is -0.379 e. The van der Waals surface area contributed by atoms with Crippen molar-refractivity contribution in [2.75, 3.05) is 26.3 Å². The Kier molecular flexibility index (Phi) is 6.02. The highest BCUT2D eigenvalue weighted by molar-refractivity contribution is 6.33. The van der Waals surface area contributed by atoms with Crippen LogP contribution in [-0.4, -0.2) is 37.1 Å². The van der Waals surface area contributed by atoms with Crippen LogP contribution < -0.4 is 5.32 Å². The van der Waals surface area contributed by atoms with Gasteiger partial charge in [0, 0.05) is 26.2 Å². The van der Waals surface area contributed by atoms with Crippen LogP contribution in [0.25, 0.3) is 0 Å². The number of ether oxygens (including phenoxy) is 1. The van der Waals surface area contributed by atoms with Gasteiger partial charge in [0.25, 0.3) is 5.91 Å². The maximum absolute atomic E-state index is 13.9. The fourth-order valence-electron chi connectivity index (χ4n) is 2.86. The number of hydrogen-bond acceptors (Lipinski definition) is 3. The number of nitrogens with zero attached hydrogens (tertiary/aromatic N) is 1. The third-order valence-corrected chi connectivity index (χ3v) is 4.56. The van der Waals surface area contributed by atoms with Gasteiger partial charge < -0.3 is 10.1 Å². The van der Waals surface area contributed by atoms with E-state index in [2.05, 4.69) is 10.2 Å². The summed E-state index contributed by atoms with van der Waals surface area (Å²) in [6, 6.07) is 12.1. The molecule has 2 aromatic carbocycles. The Morgan fingerprint density at radius 1 is 1.12 bits per heavy atom. The van der Waals surface area contributed by atoms with Gasteiger partial charge in [-0.3, -0.25) is 9.69 Å². The Balaban J connectivity index is 1.68. The number of carbonyl (C=O) groups excluding carboxylic acids is 1. The Morgan fingerprint density at radius 3 is 2.56 bits per heavy atom. The molecule has 1 N–H and O–H groups in total. The highest BCUT2D eigenvalue weighted by Gasteiger charge is 2.17. The van der Waals surface area contributed by atoms with Crippen LogP contribution >= 0.6 is 11.6 Å². The van der Waals surface area contributed by atoms with E-state index in [1.807, 2.05) is 24.3 Å². The maximum atomic E-state index is 13.9. The number of morpholine rings is 1. The van der Waals surface area contributed by atoms with Crippen molar-refractivity contribution in [3.63, 3.8) is 0 Å². The van der Waals surface area contributed by atoms with Crippen LogP contribution in [0.3, 0.4) is 0 Å². The molecule has 0 aromatic heterocycles. The predicted octanol–water partition coefficient (Wildman–Crippen LogP) is 3.24. The van der Waals surface area contributed by atoms with E-state index >= 15 is 0 Å². The van der Waals surface area contributed by atoms with E-state index in [-0.39, 0.29) is 10.6 Å². The van der Waals surface area contributed by atoms with E-state index in [1.165, 1.54) is 18.2 Å². The zero-order valence-corrected chi connectivity index (χ0v) is 14.6. The van der Waals surface area contributed by atoms with Gasteiger partial charge in [-0.05, 0) is 23.3 Å². The largest absolute Gasteiger partial charge is 0.379 e. The van der Waals surface area contributed by atoms with Crippen LogP contribution in [0.1, 0.15) is 21.5 Å². The molecule has 0 radical (unpaired) electrons. The van der Waals surface area contributed by atoms with E-state index in [0.717, 1.165) is 44.0 Å². The van der Waals surface area contributed by atoms with Gasteiger partial charge in [-0.2, -0.15) is 0 Å². The fourth-order valence-corrected chi connectivity index (χ4v) is 3.11. The summed E-state index contributed by atoms with van der Waals surface area (Å²) >= 11 is 5.95. The first-order valence-corrected chi connectivity index (χ1v) is 8.62. The van der Waals surface area contributed by atoms with Crippen molar-refractivity contribution in [3.8, 4) is 0 Å². The molecule has 1 aliphatic rings. The number of amides is 1. The van der Waals surface area contributed by atoms with Gasteiger partial charge in [0.15, 0.2) is 0 Å². The van der Waals surface area contributed by atoms with Gasteiger partial charge >= 0.3 is 0 Å². The summed E-state index contributed by atoms with van der Waals surface area (Å²) in [6.07, 6.45) is 0. The van der Waals surface area contributed by atoms with E-state index < -0.39 is 11.7 Å². The number of rotatable bonds is 5. The van der Waals surface area contributed by atoms with Crippen molar-refractivity contribution in [1.29, 1.82) is 0 Å². The Labute approximate surface area is 151 Å². The molecule has 0 saturated carbocycles. The third-order valence-electron chi connectivity index (χ3n) is 4.25. The second kappa shape index (κ2) is 8.43. The SMILES string of the molecule is O=C(NCc1ccccc1CN1CCOCC1)c1c(F)cccc1Cl. The van der Waals surface area contributed by atoms with Crippen LogP contribution in [-0.2, 0) is 17.8 Å². The zero-order chi connectivity index (χ0) is 17.6. The highest BCUT2D eigenvalue weighted by atomic mass is 35.5. The van der Waals surface area contributed by atoms with Gasteiger partial charge in [-0.25, -0.2) is 4.39 Å². The summed E-state index contributed by atoms with van der Waals surface area (Å²) in [7, 11) is 0.